The summed E-state index contributed by atoms with van der Waals surface area (Å²) in [5.74, 6) is 1.02. The van der Waals surface area contributed by atoms with Gasteiger partial charge in [0, 0.05) is 25.5 Å². The monoisotopic (exact) mass is 336 g/mol. The number of amidine groups is 1. The van der Waals surface area contributed by atoms with Gasteiger partial charge in [0.2, 0.25) is 0 Å². The van der Waals surface area contributed by atoms with Crippen molar-refractivity contribution in [1.29, 1.82) is 0 Å². The number of hydrogen-bond donors (Lipinski definition) is 2. The molecule has 3 heterocycles. The van der Waals surface area contributed by atoms with Gasteiger partial charge in [-0.1, -0.05) is 31.4 Å². The zero-order chi connectivity index (χ0) is 16.1. The molecule has 2 N–H and O–H groups in total. The van der Waals surface area contributed by atoms with Gasteiger partial charge in [-0.15, -0.1) is 0 Å². The van der Waals surface area contributed by atoms with Crippen molar-refractivity contribution in [3.8, 4) is 0 Å². The summed E-state index contributed by atoms with van der Waals surface area (Å²) in [5.41, 5.74) is 1.98. The third kappa shape index (κ3) is 4.19. The highest BCUT2D eigenvalue weighted by molar-refractivity contribution is 6.22. The van der Waals surface area contributed by atoms with Gasteiger partial charge in [-0.3, -0.25) is 5.10 Å². The molecule has 1 aromatic heterocycles. The van der Waals surface area contributed by atoms with E-state index in [4.69, 9.17) is 11.6 Å². The molecular weight excluding hydrogens is 312 g/mol. The van der Waals surface area contributed by atoms with Gasteiger partial charge in [0.25, 0.3) is 0 Å². The Balaban J connectivity index is 1.57. The summed E-state index contributed by atoms with van der Waals surface area (Å²) in [5, 5.41) is 10.1. The third-order valence-electron chi connectivity index (χ3n) is 4.21. The van der Waals surface area contributed by atoms with Crippen LogP contribution in [0.5, 0.6) is 0 Å². The number of halogens is 1. The van der Waals surface area contributed by atoms with Crippen LogP contribution in [0.3, 0.4) is 0 Å². The summed E-state index contributed by atoms with van der Waals surface area (Å²) in [4.78, 5) is 9.21. The number of rotatable bonds is 8. The highest BCUT2D eigenvalue weighted by Gasteiger charge is 2.29. The number of aliphatic imine (C=N–C) groups is 1. The van der Waals surface area contributed by atoms with Crippen molar-refractivity contribution in [2.45, 2.75) is 44.7 Å². The van der Waals surface area contributed by atoms with E-state index in [1.165, 1.54) is 24.8 Å². The lowest BCUT2D eigenvalue weighted by molar-refractivity contribution is 0.230. The maximum Gasteiger partial charge on any atom is 0.197 e. The summed E-state index contributed by atoms with van der Waals surface area (Å²) >= 11 is 6.14. The van der Waals surface area contributed by atoms with Crippen molar-refractivity contribution >= 4 is 17.4 Å². The molecule has 126 valence electrons. The summed E-state index contributed by atoms with van der Waals surface area (Å²) in [7, 11) is 0. The third-order valence-corrected chi connectivity index (χ3v) is 4.42. The van der Waals surface area contributed by atoms with Crippen LogP contribution in [0.1, 0.15) is 38.2 Å². The number of hydrogen-bond acceptors (Lipinski definition) is 5. The maximum absolute atomic E-state index is 6.14. The zero-order valence-electron chi connectivity index (χ0n) is 13.6. The van der Waals surface area contributed by atoms with Crippen LogP contribution in [0, 0.1) is 0 Å². The van der Waals surface area contributed by atoms with Crippen LogP contribution in [0.4, 0.5) is 0 Å². The minimum absolute atomic E-state index is 0.337. The van der Waals surface area contributed by atoms with Crippen molar-refractivity contribution in [2.75, 3.05) is 19.8 Å². The van der Waals surface area contributed by atoms with E-state index < -0.39 is 0 Å². The first-order chi connectivity index (χ1) is 11.3. The van der Waals surface area contributed by atoms with E-state index in [2.05, 4.69) is 43.4 Å². The minimum Gasteiger partial charge on any atom is -0.358 e. The van der Waals surface area contributed by atoms with Crippen LogP contribution in [0.15, 0.2) is 29.3 Å². The van der Waals surface area contributed by atoms with Gasteiger partial charge in [0.15, 0.2) is 11.5 Å². The summed E-state index contributed by atoms with van der Waals surface area (Å²) in [6, 6.07) is 0. The first-order valence-corrected chi connectivity index (χ1v) is 8.87. The predicted molar refractivity (Wildman–Crippen MR) is 93.0 cm³/mol. The summed E-state index contributed by atoms with van der Waals surface area (Å²) in [6.07, 6.45) is 11.8. The Bertz CT molecular complexity index is 553. The molecule has 2 aliphatic rings. The molecule has 0 fully saturated rings. The largest absolute Gasteiger partial charge is 0.358 e. The van der Waals surface area contributed by atoms with Gasteiger partial charge in [-0.25, -0.2) is 4.99 Å². The molecule has 23 heavy (non-hydrogen) atoms. The van der Waals surface area contributed by atoms with Gasteiger partial charge in [-0.05, 0) is 24.8 Å². The molecule has 0 saturated heterocycles. The predicted octanol–water partition coefficient (Wildman–Crippen LogP) is 2.47. The van der Waals surface area contributed by atoms with Crippen LogP contribution in [0.2, 0.25) is 0 Å². The molecule has 2 aliphatic heterocycles. The Morgan fingerprint density at radius 3 is 3.00 bits per heavy atom. The second-order valence-corrected chi connectivity index (χ2v) is 6.52. The lowest BCUT2D eigenvalue weighted by Gasteiger charge is -2.36. The van der Waals surface area contributed by atoms with E-state index >= 15 is 0 Å². The number of nitrogens with one attached hydrogen (secondary N) is 2. The number of fused-ring (bicyclic) bond motifs is 1. The second-order valence-electron chi connectivity index (χ2n) is 6.11. The van der Waals surface area contributed by atoms with Gasteiger partial charge in [-0.2, -0.15) is 5.10 Å². The molecule has 0 spiro atoms. The number of aryl methyl sites for hydroxylation is 1. The molecule has 3 rings (SSSR count). The zero-order valence-corrected chi connectivity index (χ0v) is 14.4. The average Bonchev–Trinajstić information content (AvgIpc) is 3.16. The van der Waals surface area contributed by atoms with Crippen LogP contribution in [-0.2, 0) is 6.42 Å². The molecule has 0 saturated carbocycles. The highest BCUT2D eigenvalue weighted by atomic mass is 35.5. The molecule has 0 aliphatic carbocycles. The molecule has 1 aromatic rings. The SMILES string of the molecule is CCCCCN1CN(CCCc2cn[nH]c2)C=C2NC(Cl)N=C21. The molecule has 7 heteroatoms. The average molecular weight is 337 g/mol. The van der Waals surface area contributed by atoms with Crippen molar-refractivity contribution in [3.63, 3.8) is 0 Å². The Hall–Kier alpha value is -1.69. The fourth-order valence-corrected chi connectivity index (χ4v) is 3.23. The highest BCUT2D eigenvalue weighted by Crippen LogP contribution is 2.21. The molecule has 0 radical (unpaired) electrons. The van der Waals surface area contributed by atoms with E-state index in [1.807, 2.05) is 12.4 Å². The number of unbranched alkanes of at least 4 members (excludes halogenated alkanes) is 2. The van der Waals surface area contributed by atoms with Crippen LogP contribution in [-0.4, -0.2) is 51.2 Å². The Morgan fingerprint density at radius 2 is 2.22 bits per heavy atom. The van der Waals surface area contributed by atoms with E-state index in [0.717, 1.165) is 44.1 Å². The van der Waals surface area contributed by atoms with Gasteiger partial charge >= 0.3 is 0 Å². The molecule has 6 nitrogen and oxygen atoms in total. The molecular formula is C16H25ClN6. The van der Waals surface area contributed by atoms with E-state index in [-0.39, 0.29) is 5.62 Å². The van der Waals surface area contributed by atoms with Crippen LogP contribution >= 0.6 is 11.6 Å². The standard InChI is InChI=1S/C16H25ClN6/c1-2-3-4-8-23-12-22(7-5-6-13-9-18-19-10-13)11-14-15(23)21-16(17)20-14/h9-11,16,20H,2-8,12H2,1H3,(H,18,19). The number of aromatic amines is 1. The second kappa shape index (κ2) is 7.73. The van der Waals surface area contributed by atoms with Crippen molar-refractivity contribution < 1.29 is 0 Å². The normalized spacial score (nSPS) is 20.2. The smallest absolute Gasteiger partial charge is 0.197 e. The quantitative estimate of drug-likeness (QED) is 0.435. The van der Waals surface area contributed by atoms with Crippen molar-refractivity contribution in [3.05, 3.63) is 29.9 Å². The number of nitrogens with zero attached hydrogens (tertiary/aromatic N) is 4. The van der Waals surface area contributed by atoms with Gasteiger partial charge < -0.3 is 15.1 Å². The Labute approximate surface area is 142 Å². The van der Waals surface area contributed by atoms with E-state index in [0.29, 0.717) is 0 Å². The number of aromatic nitrogens is 2. The molecule has 1 atom stereocenters. The molecule has 0 amide bonds. The fraction of sp³-hybridized carbons (Fsp3) is 0.625. The van der Waals surface area contributed by atoms with Crippen LogP contribution < -0.4 is 5.32 Å². The minimum atomic E-state index is -0.337. The fourth-order valence-electron chi connectivity index (χ4n) is 3.02. The Morgan fingerprint density at radius 1 is 1.30 bits per heavy atom. The van der Waals surface area contributed by atoms with Gasteiger partial charge in [0.05, 0.1) is 18.6 Å². The van der Waals surface area contributed by atoms with Crippen molar-refractivity contribution in [2.24, 2.45) is 4.99 Å². The molecule has 1 unspecified atom stereocenters. The summed E-state index contributed by atoms with van der Waals surface area (Å²) < 4.78 is 0. The van der Waals surface area contributed by atoms with E-state index in [1.54, 1.807) is 0 Å². The van der Waals surface area contributed by atoms with Crippen molar-refractivity contribution in [1.82, 2.24) is 25.3 Å². The molecule has 0 aromatic carbocycles. The molecule has 0 bridgehead atoms. The topological polar surface area (TPSA) is 59.5 Å². The lowest BCUT2D eigenvalue weighted by Crippen LogP contribution is -2.45. The van der Waals surface area contributed by atoms with E-state index in [9.17, 15) is 0 Å². The number of H-pyrrole nitrogens is 1. The van der Waals surface area contributed by atoms with Crippen LogP contribution in [0.25, 0.3) is 0 Å². The number of alkyl halides is 1. The lowest BCUT2D eigenvalue weighted by atomic mass is 10.2. The summed E-state index contributed by atoms with van der Waals surface area (Å²) in [6.45, 7) is 5.17. The first kappa shape index (κ1) is 16.2. The maximum atomic E-state index is 6.14. The Kier molecular flexibility index (Phi) is 5.43. The van der Waals surface area contributed by atoms with Gasteiger partial charge in [0.1, 0.15) is 0 Å². The first-order valence-electron chi connectivity index (χ1n) is 8.43.